The first kappa shape index (κ1) is 14.1. The van der Waals surface area contributed by atoms with Gasteiger partial charge in [0.15, 0.2) is 0 Å². The highest BCUT2D eigenvalue weighted by atomic mass is 35.5. The number of aliphatic hydroxyl groups excluding tert-OH is 1. The fourth-order valence-electron chi connectivity index (χ4n) is 1.15. The molecule has 0 radical (unpaired) electrons. The van der Waals surface area contributed by atoms with E-state index < -0.39 is 26.7 Å². The Labute approximate surface area is 111 Å². The minimum Gasteiger partial charge on any atom is -0.506 e. The summed E-state index contributed by atoms with van der Waals surface area (Å²) >= 11 is 10.2. The van der Waals surface area contributed by atoms with Gasteiger partial charge in [-0.3, -0.25) is 19.7 Å². The highest BCUT2D eigenvalue weighted by Crippen LogP contribution is 2.22. The average Bonchev–Trinajstić information content (AvgIpc) is 2.28. The fraction of sp³-hybridized carbons (Fsp3) is 0. The van der Waals surface area contributed by atoms with Crippen molar-refractivity contribution in [3.63, 3.8) is 0 Å². The summed E-state index contributed by atoms with van der Waals surface area (Å²) in [5.74, 6) is -0.732. The molecule has 0 amide bonds. The summed E-state index contributed by atoms with van der Waals surface area (Å²) in [4.78, 5) is 31.6. The summed E-state index contributed by atoms with van der Waals surface area (Å²) in [5, 5.41) is 17.6. The lowest BCUT2D eigenvalue weighted by Crippen LogP contribution is -2.06. The SMILES string of the molecule is O=C(Cl)C(C(=O)Cl)=C(O)c1ccc([N+](=O)[O-])cc1. The van der Waals surface area contributed by atoms with Gasteiger partial charge in [0, 0.05) is 17.7 Å². The van der Waals surface area contributed by atoms with Crippen molar-refractivity contribution in [1.82, 2.24) is 0 Å². The highest BCUT2D eigenvalue weighted by molar-refractivity contribution is 6.80. The summed E-state index contributed by atoms with van der Waals surface area (Å²) in [6.07, 6.45) is 0. The Bertz CT molecular complexity index is 534. The third kappa shape index (κ3) is 3.06. The van der Waals surface area contributed by atoms with E-state index in [9.17, 15) is 24.8 Å². The topological polar surface area (TPSA) is 97.5 Å². The van der Waals surface area contributed by atoms with Gasteiger partial charge in [-0.2, -0.15) is 0 Å². The second-order valence-corrected chi connectivity index (χ2v) is 3.76. The second-order valence-electron chi connectivity index (χ2n) is 3.08. The molecule has 18 heavy (non-hydrogen) atoms. The predicted octanol–water partition coefficient (Wildman–Crippen LogP) is 2.39. The molecule has 0 aliphatic rings. The Morgan fingerprint density at radius 1 is 1.11 bits per heavy atom. The molecule has 0 bridgehead atoms. The van der Waals surface area contributed by atoms with Crippen LogP contribution >= 0.6 is 23.2 Å². The van der Waals surface area contributed by atoms with Gasteiger partial charge in [-0.1, -0.05) is 0 Å². The van der Waals surface area contributed by atoms with Crippen LogP contribution in [0.2, 0.25) is 0 Å². The van der Waals surface area contributed by atoms with Crippen molar-refractivity contribution in [2.75, 3.05) is 0 Å². The van der Waals surface area contributed by atoms with Crippen molar-refractivity contribution in [2.24, 2.45) is 0 Å². The number of allylic oxidation sites excluding steroid dienone is 1. The first-order chi connectivity index (χ1) is 8.34. The quantitative estimate of drug-likeness (QED) is 0.175. The molecular weight excluding hydrogens is 285 g/mol. The predicted molar refractivity (Wildman–Crippen MR) is 64.4 cm³/mol. The van der Waals surface area contributed by atoms with Gasteiger partial charge in [0.05, 0.1) is 4.92 Å². The van der Waals surface area contributed by atoms with E-state index in [1.807, 2.05) is 0 Å². The number of nitro benzene ring substituents is 1. The van der Waals surface area contributed by atoms with Gasteiger partial charge in [-0.05, 0) is 35.3 Å². The Morgan fingerprint density at radius 2 is 1.56 bits per heavy atom. The van der Waals surface area contributed by atoms with Crippen molar-refractivity contribution < 1.29 is 19.6 Å². The molecule has 8 heteroatoms. The minimum atomic E-state index is -1.22. The number of non-ortho nitro benzene ring substituents is 1. The summed E-state index contributed by atoms with van der Waals surface area (Å²) in [6.45, 7) is 0. The largest absolute Gasteiger partial charge is 0.506 e. The standard InChI is InChI=1S/C10H5Cl2NO5/c11-9(15)7(10(12)16)8(14)5-1-3-6(4-2-5)13(17)18/h1-4,14H. The normalized spacial score (nSPS) is 9.67. The van der Waals surface area contributed by atoms with Gasteiger partial charge < -0.3 is 5.11 Å². The summed E-state index contributed by atoms with van der Waals surface area (Å²) in [7, 11) is 0. The number of benzene rings is 1. The maximum atomic E-state index is 10.9. The van der Waals surface area contributed by atoms with Gasteiger partial charge in [-0.15, -0.1) is 0 Å². The molecule has 1 rings (SSSR count). The number of nitro groups is 1. The molecule has 0 spiro atoms. The van der Waals surface area contributed by atoms with Crippen LogP contribution in [0.5, 0.6) is 0 Å². The first-order valence-corrected chi connectivity index (χ1v) is 5.18. The Kier molecular flexibility index (Phi) is 4.41. The number of rotatable bonds is 4. The van der Waals surface area contributed by atoms with E-state index in [0.717, 1.165) is 24.3 Å². The third-order valence-corrected chi connectivity index (χ3v) is 2.36. The van der Waals surface area contributed by atoms with Crippen LogP contribution < -0.4 is 0 Å². The molecule has 1 aromatic carbocycles. The Morgan fingerprint density at radius 3 is 1.89 bits per heavy atom. The van der Waals surface area contributed by atoms with Crippen molar-refractivity contribution in [3.05, 3.63) is 45.5 Å². The zero-order valence-electron chi connectivity index (χ0n) is 8.59. The van der Waals surface area contributed by atoms with E-state index in [0.29, 0.717) is 0 Å². The van der Waals surface area contributed by atoms with Crippen LogP contribution in [0.4, 0.5) is 5.69 Å². The first-order valence-electron chi connectivity index (χ1n) is 4.42. The van der Waals surface area contributed by atoms with Crippen LogP contribution in [0.1, 0.15) is 5.56 Å². The molecule has 0 saturated carbocycles. The van der Waals surface area contributed by atoms with Gasteiger partial charge in [-0.25, -0.2) is 0 Å². The molecule has 1 N–H and O–H groups in total. The summed E-state index contributed by atoms with van der Waals surface area (Å²) < 4.78 is 0. The second kappa shape index (κ2) is 5.61. The molecule has 0 heterocycles. The smallest absolute Gasteiger partial charge is 0.269 e. The molecule has 0 aliphatic heterocycles. The molecule has 94 valence electrons. The highest BCUT2D eigenvalue weighted by Gasteiger charge is 2.21. The molecular formula is C10H5Cl2NO5. The molecule has 6 nitrogen and oxygen atoms in total. The number of carbonyl (C=O) groups excluding carboxylic acids is 2. The van der Waals surface area contributed by atoms with E-state index in [1.54, 1.807) is 0 Å². The zero-order valence-corrected chi connectivity index (χ0v) is 10.1. The number of carbonyl (C=O) groups is 2. The molecule has 0 saturated heterocycles. The van der Waals surface area contributed by atoms with Crippen molar-refractivity contribution in [1.29, 1.82) is 0 Å². The molecule has 0 fully saturated rings. The number of hydrogen-bond donors (Lipinski definition) is 1. The maximum absolute atomic E-state index is 10.9. The van der Waals surface area contributed by atoms with Crippen LogP contribution in [0.25, 0.3) is 5.76 Å². The number of aliphatic hydroxyl groups is 1. The Hall–Kier alpha value is -1.92. The van der Waals surface area contributed by atoms with E-state index in [4.69, 9.17) is 23.2 Å². The molecule has 0 aliphatic carbocycles. The van der Waals surface area contributed by atoms with Crippen LogP contribution in [-0.2, 0) is 9.59 Å². The average molecular weight is 290 g/mol. The summed E-state index contributed by atoms with van der Waals surface area (Å²) in [6, 6.07) is 4.52. The van der Waals surface area contributed by atoms with Crippen molar-refractivity contribution in [3.8, 4) is 0 Å². The van der Waals surface area contributed by atoms with Crippen LogP contribution in [0.3, 0.4) is 0 Å². The van der Waals surface area contributed by atoms with Crippen molar-refractivity contribution in [2.45, 2.75) is 0 Å². The maximum Gasteiger partial charge on any atom is 0.269 e. The van der Waals surface area contributed by atoms with Crippen molar-refractivity contribution >= 4 is 45.1 Å². The van der Waals surface area contributed by atoms with E-state index >= 15 is 0 Å². The minimum absolute atomic E-state index is 0.0126. The third-order valence-electron chi connectivity index (χ3n) is 1.98. The van der Waals surface area contributed by atoms with E-state index in [2.05, 4.69) is 0 Å². The molecule has 0 unspecified atom stereocenters. The van der Waals surface area contributed by atoms with Crippen LogP contribution in [0, 0.1) is 10.1 Å². The lowest BCUT2D eigenvalue weighted by Gasteiger charge is -2.03. The zero-order chi connectivity index (χ0) is 13.9. The molecule has 1 aromatic rings. The lowest BCUT2D eigenvalue weighted by atomic mass is 10.1. The lowest BCUT2D eigenvalue weighted by molar-refractivity contribution is -0.384. The van der Waals surface area contributed by atoms with E-state index in [-0.39, 0.29) is 11.3 Å². The number of halogens is 2. The van der Waals surface area contributed by atoms with Gasteiger partial charge in [0.25, 0.3) is 16.2 Å². The number of nitrogens with zero attached hydrogens (tertiary/aromatic N) is 1. The monoisotopic (exact) mass is 289 g/mol. The Balaban J connectivity index is 3.28. The van der Waals surface area contributed by atoms with Gasteiger partial charge in [0.2, 0.25) is 0 Å². The van der Waals surface area contributed by atoms with Gasteiger partial charge >= 0.3 is 0 Å². The fourth-order valence-corrected chi connectivity index (χ4v) is 1.55. The van der Waals surface area contributed by atoms with E-state index in [1.165, 1.54) is 0 Å². The van der Waals surface area contributed by atoms with Gasteiger partial charge in [0.1, 0.15) is 11.3 Å². The number of hydrogen-bond acceptors (Lipinski definition) is 5. The molecule has 0 atom stereocenters. The van der Waals surface area contributed by atoms with Crippen LogP contribution in [0.15, 0.2) is 29.8 Å². The van der Waals surface area contributed by atoms with Crippen LogP contribution in [-0.4, -0.2) is 20.5 Å². The molecule has 0 aromatic heterocycles. The summed E-state index contributed by atoms with van der Waals surface area (Å²) in [5.41, 5.74) is -0.978.